The van der Waals surface area contributed by atoms with Crippen LogP contribution in [0.4, 0.5) is 0 Å². The van der Waals surface area contributed by atoms with Crippen LogP contribution < -0.4 is 0 Å². The van der Waals surface area contributed by atoms with Crippen molar-refractivity contribution >= 4 is 0 Å². The maximum absolute atomic E-state index is 8.99. The molecular formula is C15H26N4O. The van der Waals surface area contributed by atoms with Crippen molar-refractivity contribution in [3.8, 4) is 0 Å². The van der Waals surface area contributed by atoms with Crippen LogP contribution in [0.25, 0.3) is 0 Å². The summed E-state index contributed by atoms with van der Waals surface area (Å²) in [5, 5.41) is 13.3. The summed E-state index contributed by atoms with van der Waals surface area (Å²) >= 11 is 0. The topological polar surface area (TPSA) is 44.5 Å². The Labute approximate surface area is 121 Å². The van der Waals surface area contributed by atoms with Crippen molar-refractivity contribution in [1.82, 2.24) is 19.6 Å². The van der Waals surface area contributed by atoms with Crippen LogP contribution in [0.2, 0.25) is 0 Å². The monoisotopic (exact) mass is 278 g/mol. The van der Waals surface area contributed by atoms with Crippen molar-refractivity contribution in [2.45, 2.75) is 32.0 Å². The van der Waals surface area contributed by atoms with E-state index in [-0.39, 0.29) is 6.61 Å². The number of hydrogen-bond donors (Lipinski definition) is 1. The highest BCUT2D eigenvalue weighted by Gasteiger charge is 2.22. The fourth-order valence-corrected chi connectivity index (χ4v) is 2.84. The fourth-order valence-electron chi connectivity index (χ4n) is 2.84. The molecule has 1 fully saturated rings. The van der Waals surface area contributed by atoms with Gasteiger partial charge in [0.15, 0.2) is 0 Å². The summed E-state index contributed by atoms with van der Waals surface area (Å²) in [6, 6.07) is 0.613. The average Bonchev–Trinajstić information content (AvgIpc) is 2.88. The van der Waals surface area contributed by atoms with Crippen molar-refractivity contribution in [3.63, 3.8) is 0 Å². The lowest BCUT2D eigenvalue weighted by molar-refractivity contribution is 0.108. The molecule has 20 heavy (non-hydrogen) atoms. The smallest absolute Gasteiger partial charge is 0.0587 e. The van der Waals surface area contributed by atoms with Crippen LogP contribution in [0.3, 0.4) is 0 Å². The number of piperidine rings is 1. The van der Waals surface area contributed by atoms with E-state index in [1.165, 1.54) is 18.4 Å². The van der Waals surface area contributed by atoms with Crippen molar-refractivity contribution in [1.29, 1.82) is 0 Å². The van der Waals surface area contributed by atoms with E-state index in [0.29, 0.717) is 6.04 Å². The molecule has 1 N–H and O–H groups in total. The summed E-state index contributed by atoms with van der Waals surface area (Å²) in [5.74, 6) is 0. The Morgan fingerprint density at radius 3 is 2.90 bits per heavy atom. The highest BCUT2D eigenvalue weighted by Crippen LogP contribution is 2.17. The zero-order chi connectivity index (χ0) is 14.4. The number of likely N-dealkylation sites (N-methyl/N-ethyl adjacent to an activating group) is 1. The van der Waals surface area contributed by atoms with Crippen molar-refractivity contribution in [3.05, 3.63) is 30.6 Å². The normalized spacial score (nSPS) is 17.8. The molecule has 1 aromatic heterocycles. The lowest BCUT2D eigenvalue weighted by atomic mass is 10.0. The number of nitrogens with zero attached hydrogens (tertiary/aromatic N) is 4. The second kappa shape index (κ2) is 7.57. The van der Waals surface area contributed by atoms with Crippen molar-refractivity contribution in [2.75, 3.05) is 33.3 Å². The molecule has 0 amide bonds. The predicted octanol–water partition coefficient (Wildman–Crippen LogP) is 0.958. The number of hydrogen-bond acceptors (Lipinski definition) is 4. The molecule has 112 valence electrons. The molecule has 1 aromatic rings. The molecule has 0 aromatic carbocycles. The second-order valence-electron chi connectivity index (χ2n) is 5.57. The zero-order valence-corrected chi connectivity index (χ0v) is 12.4. The minimum Gasteiger partial charge on any atom is -0.395 e. The largest absolute Gasteiger partial charge is 0.395 e. The van der Waals surface area contributed by atoms with E-state index in [0.717, 1.165) is 32.7 Å². The van der Waals surface area contributed by atoms with Crippen LogP contribution in [0, 0.1) is 0 Å². The first-order valence-electron chi connectivity index (χ1n) is 7.38. The third-order valence-corrected chi connectivity index (χ3v) is 4.04. The number of likely N-dealkylation sites (tertiary alicyclic amines) is 1. The van der Waals surface area contributed by atoms with Gasteiger partial charge in [-0.3, -0.25) is 9.58 Å². The summed E-state index contributed by atoms with van der Waals surface area (Å²) in [6.07, 6.45) is 8.27. The van der Waals surface area contributed by atoms with Gasteiger partial charge in [-0.2, -0.15) is 5.10 Å². The quantitative estimate of drug-likeness (QED) is 0.755. The van der Waals surface area contributed by atoms with Gasteiger partial charge in [-0.15, -0.1) is 6.58 Å². The molecule has 0 bridgehead atoms. The van der Waals surface area contributed by atoms with E-state index < -0.39 is 0 Å². The van der Waals surface area contributed by atoms with Gasteiger partial charge < -0.3 is 10.0 Å². The van der Waals surface area contributed by atoms with E-state index in [4.69, 9.17) is 5.11 Å². The molecule has 0 aliphatic carbocycles. The molecule has 2 rings (SSSR count). The van der Waals surface area contributed by atoms with Crippen LogP contribution in [-0.2, 0) is 13.1 Å². The highest BCUT2D eigenvalue weighted by molar-refractivity contribution is 5.04. The maximum Gasteiger partial charge on any atom is 0.0587 e. The Kier molecular flexibility index (Phi) is 5.76. The fraction of sp³-hybridized carbons (Fsp3) is 0.667. The third-order valence-electron chi connectivity index (χ3n) is 4.04. The Hall–Kier alpha value is -1.17. The Morgan fingerprint density at radius 2 is 2.25 bits per heavy atom. The minimum atomic E-state index is 0.249. The second-order valence-corrected chi connectivity index (χ2v) is 5.57. The van der Waals surface area contributed by atoms with Crippen LogP contribution in [0.1, 0.15) is 18.4 Å². The molecule has 5 heteroatoms. The summed E-state index contributed by atoms with van der Waals surface area (Å²) < 4.78 is 1.92. The Balaban J connectivity index is 1.77. The van der Waals surface area contributed by atoms with E-state index in [9.17, 15) is 0 Å². The molecule has 0 atom stereocenters. The van der Waals surface area contributed by atoms with Gasteiger partial charge in [0.05, 0.1) is 19.3 Å². The van der Waals surface area contributed by atoms with Gasteiger partial charge in [0, 0.05) is 30.9 Å². The van der Waals surface area contributed by atoms with Gasteiger partial charge in [0.25, 0.3) is 0 Å². The number of aliphatic hydroxyl groups is 1. The van der Waals surface area contributed by atoms with Crippen LogP contribution in [0.5, 0.6) is 0 Å². The van der Waals surface area contributed by atoms with Gasteiger partial charge in [-0.25, -0.2) is 0 Å². The molecule has 2 heterocycles. The molecule has 1 aliphatic heterocycles. The molecular weight excluding hydrogens is 252 g/mol. The molecule has 1 aliphatic rings. The predicted molar refractivity (Wildman–Crippen MR) is 80.4 cm³/mol. The van der Waals surface area contributed by atoms with E-state index in [1.54, 1.807) is 0 Å². The summed E-state index contributed by atoms with van der Waals surface area (Å²) in [7, 11) is 2.11. The van der Waals surface area contributed by atoms with Crippen LogP contribution in [-0.4, -0.2) is 64.0 Å². The molecule has 5 nitrogen and oxygen atoms in total. The highest BCUT2D eigenvalue weighted by atomic mass is 16.3. The standard InChI is InChI=1S/C15H26N4O/c1-3-6-19-13-14(11-16-19)12-18-7-4-15(5-8-18)17(2)9-10-20/h3,11,13,15,20H,1,4-10,12H2,2H3. The first-order valence-corrected chi connectivity index (χ1v) is 7.38. The third kappa shape index (κ3) is 4.16. The lowest BCUT2D eigenvalue weighted by Crippen LogP contribution is -2.43. The molecule has 1 saturated heterocycles. The lowest BCUT2D eigenvalue weighted by Gasteiger charge is -2.36. The van der Waals surface area contributed by atoms with Crippen LogP contribution in [0.15, 0.2) is 25.0 Å². The van der Waals surface area contributed by atoms with E-state index in [1.807, 2.05) is 17.0 Å². The average molecular weight is 278 g/mol. The first-order chi connectivity index (χ1) is 9.72. The minimum absolute atomic E-state index is 0.249. The van der Waals surface area contributed by atoms with E-state index >= 15 is 0 Å². The maximum atomic E-state index is 8.99. The Morgan fingerprint density at radius 1 is 1.50 bits per heavy atom. The van der Waals surface area contributed by atoms with Gasteiger partial charge >= 0.3 is 0 Å². The number of aliphatic hydroxyl groups excluding tert-OH is 1. The molecule has 0 unspecified atom stereocenters. The first kappa shape index (κ1) is 15.2. The summed E-state index contributed by atoms with van der Waals surface area (Å²) in [5.41, 5.74) is 1.27. The van der Waals surface area contributed by atoms with Gasteiger partial charge in [0.1, 0.15) is 0 Å². The molecule has 0 saturated carbocycles. The van der Waals surface area contributed by atoms with Crippen molar-refractivity contribution < 1.29 is 5.11 Å². The van der Waals surface area contributed by atoms with Crippen LogP contribution >= 0.6 is 0 Å². The van der Waals surface area contributed by atoms with Crippen molar-refractivity contribution in [2.24, 2.45) is 0 Å². The Bertz CT molecular complexity index is 410. The number of aromatic nitrogens is 2. The summed E-state index contributed by atoms with van der Waals surface area (Å²) in [4.78, 5) is 4.76. The van der Waals surface area contributed by atoms with Gasteiger partial charge in [0.2, 0.25) is 0 Å². The van der Waals surface area contributed by atoms with Gasteiger partial charge in [-0.1, -0.05) is 6.08 Å². The molecule has 0 spiro atoms. The summed E-state index contributed by atoms with van der Waals surface area (Å²) in [6.45, 7) is 8.74. The molecule has 0 radical (unpaired) electrons. The van der Waals surface area contributed by atoms with Gasteiger partial charge in [-0.05, 0) is 33.0 Å². The van der Waals surface area contributed by atoms with E-state index in [2.05, 4.69) is 34.7 Å². The number of allylic oxidation sites excluding steroid dienone is 1. The SMILES string of the molecule is C=CCn1cc(CN2CCC(N(C)CCO)CC2)cn1. The zero-order valence-electron chi connectivity index (χ0n) is 12.4. The number of rotatable bonds is 7.